The van der Waals surface area contributed by atoms with Gasteiger partial charge in [-0.3, -0.25) is 0 Å². The van der Waals surface area contributed by atoms with Crippen molar-refractivity contribution in [1.82, 2.24) is 4.90 Å². The van der Waals surface area contributed by atoms with Gasteiger partial charge in [0.1, 0.15) is 0 Å². The Hall–Kier alpha value is -0.220. The summed E-state index contributed by atoms with van der Waals surface area (Å²) in [4.78, 5) is 2.39. The lowest BCUT2D eigenvalue weighted by Gasteiger charge is -2.20. The average Bonchev–Trinajstić information content (AvgIpc) is 1.91. The molecule has 1 aliphatic rings. The van der Waals surface area contributed by atoms with Crippen LogP contribution in [0.4, 0.5) is 0 Å². The molecule has 0 unspecified atom stereocenters. The lowest BCUT2D eigenvalue weighted by Crippen LogP contribution is -2.24. The molecule has 1 aliphatic heterocycles. The van der Waals surface area contributed by atoms with Crippen LogP contribution < -0.4 is 0 Å². The summed E-state index contributed by atoms with van der Waals surface area (Å²) < 4.78 is 16.6. The monoisotopic (exact) mass is 163 g/mol. The van der Waals surface area contributed by atoms with Crippen molar-refractivity contribution in [2.45, 2.75) is 19.3 Å². The maximum Gasteiger partial charge on any atom is 0.335 e. The summed E-state index contributed by atoms with van der Waals surface area (Å²) in [5, 5.41) is 0. The Labute approximate surface area is 65.0 Å². The zero-order valence-corrected chi connectivity index (χ0v) is 7.02. The fourth-order valence-corrected chi connectivity index (χ4v) is 1.05. The van der Waals surface area contributed by atoms with Gasteiger partial charge in [0.25, 0.3) is 0 Å². The van der Waals surface area contributed by atoms with Gasteiger partial charge in [0, 0.05) is 0 Å². The molecule has 0 saturated carbocycles. The number of nitrogens with zero attached hydrogens (tertiary/aromatic N) is 1. The van der Waals surface area contributed by atoms with E-state index < -0.39 is 11.6 Å². The zero-order valence-electron chi connectivity index (χ0n) is 6.21. The number of piperidine rings is 1. The molecule has 0 atom stereocenters. The Bertz CT molecular complexity index is 106. The summed E-state index contributed by atoms with van der Waals surface area (Å²) in [6, 6.07) is 0. The van der Waals surface area contributed by atoms with Crippen molar-refractivity contribution in [1.29, 1.82) is 0 Å². The van der Waals surface area contributed by atoms with Gasteiger partial charge in [-0.2, -0.15) is 8.42 Å². The highest BCUT2D eigenvalue weighted by atomic mass is 32.1. The molecule has 0 amide bonds. The van der Waals surface area contributed by atoms with E-state index in [-0.39, 0.29) is 0 Å². The van der Waals surface area contributed by atoms with E-state index in [4.69, 9.17) is 8.42 Å². The molecule has 0 aliphatic carbocycles. The largest absolute Gasteiger partial charge is 0.335 e. The molecule has 0 spiro atoms. The molecule has 0 aromatic heterocycles. The predicted octanol–water partition coefficient (Wildman–Crippen LogP) is 0.432. The van der Waals surface area contributed by atoms with Gasteiger partial charge in [-0.15, -0.1) is 0 Å². The standard InChI is InChI=1S/C6H13N.O2S/c1-7-5-3-2-4-6-7;1-3-2/h2-6H2,1H3;. The molecular formula is C6H13NO2S. The van der Waals surface area contributed by atoms with Gasteiger partial charge in [-0.1, -0.05) is 6.42 Å². The van der Waals surface area contributed by atoms with Gasteiger partial charge in [0.2, 0.25) is 0 Å². The SMILES string of the molecule is CN1CCCCC1.O=S=O. The highest BCUT2D eigenvalue weighted by molar-refractivity contribution is 7.51. The first-order valence-electron chi connectivity index (χ1n) is 3.41. The first-order chi connectivity index (χ1) is 4.81. The molecule has 1 saturated heterocycles. The Balaban J connectivity index is 0.000000236. The third-order valence-corrected chi connectivity index (χ3v) is 1.58. The van der Waals surface area contributed by atoms with Crippen molar-refractivity contribution < 1.29 is 8.42 Å². The van der Waals surface area contributed by atoms with Gasteiger partial charge in [0.15, 0.2) is 0 Å². The van der Waals surface area contributed by atoms with Gasteiger partial charge in [0.05, 0.1) is 0 Å². The van der Waals surface area contributed by atoms with Gasteiger partial charge in [-0.05, 0) is 33.0 Å². The molecule has 0 radical (unpaired) electrons. The van der Waals surface area contributed by atoms with E-state index in [9.17, 15) is 0 Å². The van der Waals surface area contributed by atoms with Crippen molar-refractivity contribution in [3.05, 3.63) is 0 Å². The van der Waals surface area contributed by atoms with Crippen LogP contribution in [0.1, 0.15) is 19.3 Å². The van der Waals surface area contributed by atoms with Crippen molar-refractivity contribution in [2.24, 2.45) is 0 Å². The quantitative estimate of drug-likeness (QED) is 0.520. The first-order valence-corrected chi connectivity index (χ1v) is 4.08. The molecule has 60 valence electrons. The van der Waals surface area contributed by atoms with Crippen LogP contribution in [0.5, 0.6) is 0 Å². The van der Waals surface area contributed by atoms with Crippen LogP contribution in [0.2, 0.25) is 0 Å². The highest BCUT2D eigenvalue weighted by Gasteiger charge is 2.02. The van der Waals surface area contributed by atoms with Crippen LogP contribution >= 0.6 is 0 Å². The van der Waals surface area contributed by atoms with E-state index in [0.29, 0.717) is 0 Å². The summed E-state index contributed by atoms with van der Waals surface area (Å²) >= 11 is -0.750. The molecular weight excluding hydrogens is 150 g/mol. The lowest BCUT2D eigenvalue weighted by molar-refractivity contribution is 0.277. The predicted molar refractivity (Wildman–Crippen MR) is 40.3 cm³/mol. The van der Waals surface area contributed by atoms with E-state index in [1.165, 1.54) is 32.4 Å². The summed E-state index contributed by atoms with van der Waals surface area (Å²) in [5.74, 6) is 0. The van der Waals surface area contributed by atoms with Crippen molar-refractivity contribution in [2.75, 3.05) is 20.1 Å². The minimum Gasteiger partial charge on any atom is -0.306 e. The van der Waals surface area contributed by atoms with Crippen molar-refractivity contribution >= 4 is 11.6 Å². The van der Waals surface area contributed by atoms with E-state index in [1.807, 2.05) is 0 Å². The van der Waals surface area contributed by atoms with Crippen LogP contribution in [0.3, 0.4) is 0 Å². The Kier molecular flexibility index (Phi) is 6.74. The number of hydrogen-bond donors (Lipinski definition) is 0. The second-order valence-corrected chi connectivity index (χ2v) is 2.57. The molecule has 0 aromatic carbocycles. The van der Waals surface area contributed by atoms with Crippen LogP contribution in [0, 0.1) is 0 Å². The fraction of sp³-hybridized carbons (Fsp3) is 1.00. The fourth-order valence-electron chi connectivity index (χ4n) is 1.05. The smallest absolute Gasteiger partial charge is 0.306 e. The molecule has 4 heteroatoms. The molecule has 3 nitrogen and oxygen atoms in total. The Morgan fingerprint density at radius 1 is 1.10 bits per heavy atom. The van der Waals surface area contributed by atoms with E-state index >= 15 is 0 Å². The molecule has 0 N–H and O–H groups in total. The Morgan fingerprint density at radius 3 is 1.70 bits per heavy atom. The first kappa shape index (κ1) is 9.78. The number of hydrogen-bond acceptors (Lipinski definition) is 3. The maximum absolute atomic E-state index is 8.29. The molecule has 0 bridgehead atoms. The molecule has 1 heterocycles. The van der Waals surface area contributed by atoms with Gasteiger partial charge < -0.3 is 4.90 Å². The second kappa shape index (κ2) is 6.89. The van der Waals surface area contributed by atoms with Crippen LogP contribution in [0.25, 0.3) is 0 Å². The second-order valence-electron chi connectivity index (χ2n) is 2.43. The minimum atomic E-state index is -0.750. The van der Waals surface area contributed by atoms with E-state index in [2.05, 4.69) is 11.9 Å². The molecule has 1 rings (SSSR count). The normalized spacial score (nSPS) is 18.9. The van der Waals surface area contributed by atoms with Gasteiger partial charge in [-0.25, -0.2) is 0 Å². The van der Waals surface area contributed by atoms with Crippen molar-refractivity contribution in [3.8, 4) is 0 Å². The average molecular weight is 163 g/mol. The molecule has 0 aromatic rings. The maximum atomic E-state index is 8.29. The van der Waals surface area contributed by atoms with E-state index in [0.717, 1.165) is 0 Å². The highest BCUT2D eigenvalue weighted by Crippen LogP contribution is 2.04. The number of rotatable bonds is 0. The van der Waals surface area contributed by atoms with Gasteiger partial charge >= 0.3 is 11.6 Å². The summed E-state index contributed by atoms with van der Waals surface area (Å²) in [6.45, 7) is 2.64. The third kappa shape index (κ3) is 5.91. The molecule has 10 heavy (non-hydrogen) atoms. The van der Waals surface area contributed by atoms with Crippen LogP contribution in [-0.2, 0) is 11.6 Å². The minimum absolute atomic E-state index is 0.750. The summed E-state index contributed by atoms with van der Waals surface area (Å²) in [7, 11) is 2.19. The third-order valence-electron chi connectivity index (χ3n) is 1.58. The Morgan fingerprint density at radius 2 is 1.50 bits per heavy atom. The topological polar surface area (TPSA) is 37.4 Å². The van der Waals surface area contributed by atoms with E-state index in [1.54, 1.807) is 0 Å². The van der Waals surface area contributed by atoms with Crippen LogP contribution in [-0.4, -0.2) is 33.5 Å². The molecule has 1 fully saturated rings. The number of likely N-dealkylation sites (tertiary alicyclic amines) is 1. The van der Waals surface area contributed by atoms with Crippen LogP contribution in [0.15, 0.2) is 0 Å². The summed E-state index contributed by atoms with van der Waals surface area (Å²) in [6.07, 6.45) is 4.28. The zero-order chi connectivity index (χ0) is 7.82. The lowest BCUT2D eigenvalue weighted by atomic mass is 10.1. The summed E-state index contributed by atoms with van der Waals surface area (Å²) in [5.41, 5.74) is 0. The van der Waals surface area contributed by atoms with Crippen molar-refractivity contribution in [3.63, 3.8) is 0 Å².